The van der Waals surface area contributed by atoms with Crippen molar-refractivity contribution in [3.05, 3.63) is 145 Å². The number of nitrogens with zero attached hydrogens (tertiary/aromatic N) is 2. The number of hydrogen-bond acceptors (Lipinski definition) is 2. The smallest absolute Gasteiger partial charge is 0.160 e. The molecule has 2 heteroatoms. The molecule has 0 aliphatic heterocycles. The Morgan fingerprint density at radius 3 is 1.78 bits per heavy atom. The van der Waals surface area contributed by atoms with Crippen LogP contribution in [0.15, 0.2) is 133 Å². The Morgan fingerprint density at radius 1 is 0.378 bits per heavy atom. The maximum atomic E-state index is 5.01. The summed E-state index contributed by atoms with van der Waals surface area (Å²) in [5, 5.41) is 0. The fraction of sp³-hybridized carbons (Fsp3) is 0.0286. The van der Waals surface area contributed by atoms with Crippen LogP contribution in [0.1, 0.15) is 11.1 Å². The molecule has 0 saturated carbocycles. The quantitative estimate of drug-likeness (QED) is 0.256. The molecular formula is C35H24N2. The fourth-order valence-corrected chi connectivity index (χ4v) is 5.25. The fourth-order valence-electron chi connectivity index (χ4n) is 5.25. The molecular weight excluding hydrogens is 448 g/mol. The molecule has 2 nitrogen and oxygen atoms in total. The van der Waals surface area contributed by atoms with Gasteiger partial charge in [-0.25, -0.2) is 9.97 Å². The van der Waals surface area contributed by atoms with Crippen molar-refractivity contribution in [3.8, 4) is 56.2 Å². The lowest BCUT2D eigenvalue weighted by Crippen LogP contribution is -1.96. The summed E-state index contributed by atoms with van der Waals surface area (Å²) in [6, 6.07) is 46.9. The Morgan fingerprint density at radius 2 is 0.973 bits per heavy atom. The second kappa shape index (κ2) is 9.00. The third-order valence-electron chi connectivity index (χ3n) is 7.11. The molecule has 1 heterocycles. The van der Waals surface area contributed by atoms with Crippen LogP contribution in [0.25, 0.3) is 56.2 Å². The minimum absolute atomic E-state index is 0.734. The summed E-state index contributed by atoms with van der Waals surface area (Å²) in [6.07, 6.45) is 0.992. The second-order valence-corrected chi connectivity index (χ2v) is 9.48. The molecule has 174 valence electrons. The molecule has 0 saturated heterocycles. The maximum absolute atomic E-state index is 5.01. The van der Waals surface area contributed by atoms with E-state index in [2.05, 4.69) is 97.1 Å². The molecule has 1 aliphatic carbocycles. The lowest BCUT2D eigenvalue weighted by Gasteiger charge is -2.11. The Balaban J connectivity index is 1.32. The summed E-state index contributed by atoms with van der Waals surface area (Å²) >= 11 is 0. The molecule has 5 aromatic carbocycles. The van der Waals surface area contributed by atoms with Crippen molar-refractivity contribution in [1.29, 1.82) is 0 Å². The van der Waals surface area contributed by atoms with Crippen LogP contribution in [-0.2, 0) is 6.42 Å². The highest BCUT2D eigenvalue weighted by atomic mass is 14.9. The average molecular weight is 473 g/mol. The average Bonchev–Trinajstić information content (AvgIpc) is 3.36. The zero-order valence-corrected chi connectivity index (χ0v) is 20.3. The van der Waals surface area contributed by atoms with Crippen LogP contribution in [0.3, 0.4) is 0 Å². The predicted molar refractivity (Wildman–Crippen MR) is 152 cm³/mol. The summed E-state index contributed by atoms with van der Waals surface area (Å²) in [5.74, 6) is 0.734. The Bertz CT molecular complexity index is 1680. The molecule has 1 aromatic heterocycles. The van der Waals surface area contributed by atoms with E-state index in [4.69, 9.17) is 9.97 Å². The third-order valence-corrected chi connectivity index (χ3v) is 7.11. The van der Waals surface area contributed by atoms with Crippen LogP contribution in [0.4, 0.5) is 0 Å². The molecule has 0 bridgehead atoms. The van der Waals surface area contributed by atoms with Gasteiger partial charge in [-0.15, -0.1) is 0 Å². The molecule has 0 N–H and O–H groups in total. The highest BCUT2D eigenvalue weighted by molar-refractivity contribution is 5.81. The highest BCUT2D eigenvalue weighted by Gasteiger charge is 2.18. The molecule has 0 spiro atoms. The molecule has 7 rings (SSSR count). The van der Waals surface area contributed by atoms with E-state index in [0.717, 1.165) is 40.3 Å². The van der Waals surface area contributed by atoms with Crippen LogP contribution in [0, 0.1) is 0 Å². The zero-order chi connectivity index (χ0) is 24.6. The van der Waals surface area contributed by atoms with Gasteiger partial charge in [-0.3, -0.25) is 0 Å². The van der Waals surface area contributed by atoms with Crippen LogP contribution in [0.2, 0.25) is 0 Å². The van der Waals surface area contributed by atoms with Gasteiger partial charge in [0.2, 0.25) is 0 Å². The van der Waals surface area contributed by atoms with Crippen LogP contribution in [0.5, 0.6) is 0 Å². The first-order valence-electron chi connectivity index (χ1n) is 12.6. The van der Waals surface area contributed by atoms with E-state index in [1.54, 1.807) is 0 Å². The monoisotopic (exact) mass is 472 g/mol. The van der Waals surface area contributed by atoms with E-state index in [1.165, 1.54) is 33.4 Å². The first kappa shape index (κ1) is 21.5. The van der Waals surface area contributed by atoms with E-state index in [9.17, 15) is 0 Å². The van der Waals surface area contributed by atoms with Gasteiger partial charge in [0.15, 0.2) is 5.82 Å². The number of hydrogen-bond donors (Lipinski definition) is 0. The van der Waals surface area contributed by atoms with Gasteiger partial charge in [0.05, 0.1) is 11.4 Å². The van der Waals surface area contributed by atoms with Gasteiger partial charge in [0, 0.05) is 16.7 Å². The molecule has 1 aliphatic rings. The van der Waals surface area contributed by atoms with Crippen LogP contribution in [-0.4, -0.2) is 9.97 Å². The third kappa shape index (κ3) is 4.03. The number of rotatable bonds is 4. The topological polar surface area (TPSA) is 25.8 Å². The van der Waals surface area contributed by atoms with Gasteiger partial charge < -0.3 is 0 Å². The van der Waals surface area contributed by atoms with Crippen molar-refractivity contribution in [2.45, 2.75) is 6.42 Å². The van der Waals surface area contributed by atoms with Crippen LogP contribution >= 0.6 is 0 Å². The van der Waals surface area contributed by atoms with E-state index < -0.39 is 0 Å². The first-order chi connectivity index (χ1) is 18.3. The standard InChI is InChI=1S/C35H24N2/c1-3-10-24(11-4-1)33-23-34(37-35(36-33)25-12-5-2-6-13-25)29-16-9-15-26(20-29)27-18-19-32-30(21-27)22-28-14-7-8-17-31(28)32/h1-21,23H,22H2. The van der Waals surface area contributed by atoms with Crippen molar-refractivity contribution in [1.82, 2.24) is 9.97 Å². The Labute approximate surface area is 217 Å². The van der Waals surface area contributed by atoms with Gasteiger partial charge in [-0.2, -0.15) is 0 Å². The van der Waals surface area contributed by atoms with E-state index >= 15 is 0 Å². The predicted octanol–water partition coefficient (Wildman–Crippen LogP) is 8.72. The van der Waals surface area contributed by atoms with Crippen molar-refractivity contribution >= 4 is 0 Å². The van der Waals surface area contributed by atoms with Crippen molar-refractivity contribution < 1.29 is 0 Å². The van der Waals surface area contributed by atoms with Crippen molar-refractivity contribution in [3.63, 3.8) is 0 Å². The largest absolute Gasteiger partial charge is 0.228 e. The van der Waals surface area contributed by atoms with Gasteiger partial charge >= 0.3 is 0 Å². The van der Waals surface area contributed by atoms with E-state index in [-0.39, 0.29) is 0 Å². The Hall–Kier alpha value is -4.82. The molecule has 37 heavy (non-hydrogen) atoms. The van der Waals surface area contributed by atoms with Gasteiger partial charge in [0.25, 0.3) is 0 Å². The lowest BCUT2D eigenvalue weighted by atomic mass is 9.97. The molecule has 0 amide bonds. The number of aromatic nitrogens is 2. The molecule has 6 aromatic rings. The van der Waals surface area contributed by atoms with Crippen molar-refractivity contribution in [2.24, 2.45) is 0 Å². The minimum atomic E-state index is 0.734. The summed E-state index contributed by atoms with van der Waals surface area (Å²) < 4.78 is 0. The summed E-state index contributed by atoms with van der Waals surface area (Å²) in [4.78, 5) is 9.94. The highest BCUT2D eigenvalue weighted by Crippen LogP contribution is 2.39. The second-order valence-electron chi connectivity index (χ2n) is 9.48. The normalized spacial score (nSPS) is 11.7. The summed E-state index contributed by atoms with van der Waals surface area (Å²) in [5.41, 5.74) is 13.0. The number of fused-ring (bicyclic) bond motifs is 3. The van der Waals surface area contributed by atoms with Gasteiger partial charge in [-0.05, 0) is 51.9 Å². The maximum Gasteiger partial charge on any atom is 0.160 e. The zero-order valence-electron chi connectivity index (χ0n) is 20.3. The SMILES string of the molecule is c1ccc(-c2cc(-c3cccc(-c4ccc5c(c4)Cc4ccccc4-5)c3)nc(-c3ccccc3)n2)cc1. The summed E-state index contributed by atoms with van der Waals surface area (Å²) in [6.45, 7) is 0. The van der Waals surface area contributed by atoms with Gasteiger partial charge in [-0.1, -0.05) is 121 Å². The van der Waals surface area contributed by atoms with E-state index in [1.807, 2.05) is 36.4 Å². The molecule has 0 fully saturated rings. The van der Waals surface area contributed by atoms with Crippen LogP contribution < -0.4 is 0 Å². The summed E-state index contributed by atoms with van der Waals surface area (Å²) in [7, 11) is 0. The van der Waals surface area contributed by atoms with Crippen molar-refractivity contribution in [2.75, 3.05) is 0 Å². The first-order valence-corrected chi connectivity index (χ1v) is 12.6. The Kier molecular flexibility index (Phi) is 5.22. The van der Waals surface area contributed by atoms with Gasteiger partial charge in [0.1, 0.15) is 0 Å². The van der Waals surface area contributed by atoms with E-state index in [0.29, 0.717) is 0 Å². The number of benzene rings is 5. The molecule has 0 unspecified atom stereocenters. The lowest BCUT2D eigenvalue weighted by molar-refractivity contribution is 1.18. The minimum Gasteiger partial charge on any atom is -0.228 e. The molecule has 0 radical (unpaired) electrons. The molecule has 0 atom stereocenters.